The Bertz CT molecular complexity index is 972. The van der Waals surface area contributed by atoms with Crippen LogP contribution in [0.3, 0.4) is 0 Å². The summed E-state index contributed by atoms with van der Waals surface area (Å²) >= 11 is 0. The molecule has 7 heteroatoms. The molecule has 0 aliphatic carbocycles. The minimum Gasteiger partial charge on any atom is -0.356 e. The van der Waals surface area contributed by atoms with Crippen LogP contribution in [0.1, 0.15) is 48.2 Å². The molecule has 0 bridgehead atoms. The van der Waals surface area contributed by atoms with Gasteiger partial charge in [0, 0.05) is 19.0 Å². The number of aryl methyl sites for hydroxylation is 1. The number of nitrogens with one attached hydrogen (secondary N) is 2. The first kappa shape index (κ1) is 22.2. The number of carbonyl (C=O) groups is 4. The van der Waals surface area contributed by atoms with E-state index in [0.29, 0.717) is 24.1 Å². The molecule has 1 aliphatic heterocycles. The summed E-state index contributed by atoms with van der Waals surface area (Å²) in [6.07, 6.45) is 1.96. The second-order valence-corrected chi connectivity index (χ2v) is 7.65. The predicted octanol–water partition coefficient (Wildman–Crippen LogP) is 2.80. The zero-order chi connectivity index (χ0) is 22.4. The van der Waals surface area contributed by atoms with Gasteiger partial charge in [-0.15, -0.1) is 0 Å². The van der Waals surface area contributed by atoms with Gasteiger partial charge in [-0.25, -0.2) is 4.79 Å². The topological polar surface area (TPSA) is 95.6 Å². The highest BCUT2D eigenvalue weighted by Gasteiger charge is 2.51. The van der Waals surface area contributed by atoms with Gasteiger partial charge in [0.1, 0.15) is 5.54 Å². The molecule has 2 aromatic rings. The van der Waals surface area contributed by atoms with Gasteiger partial charge in [0.25, 0.3) is 5.91 Å². The lowest BCUT2D eigenvalue weighted by molar-refractivity contribution is -0.131. The van der Waals surface area contributed by atoms with Crippen LogP contribution in [0, 0.1) is 0 Å². The molecule has 0 unspecified atom stereocenters. The maximum Gasteiger partial charge on any atom is 0.325 e. The number of Topliss-reactive ketones (excluding diaryl/α,β-unsaturated/α-hetero) is 1. The minimum atomic E-state index is -1.14. The number of carbonyl (C=O) groups excluding carboxylic acids is 4. The molecule has 0 aromatic heterocycles. The molecule has 3 rings (SSSR count). The smallest absolute Gasteiger partial charge is 0.325 e. The molecule has 1 heterocycles. The first-order valence-electron chi connectivity index (χ1n) is 10.4. The highest BCUT2D eigenvalue weighted by molar-refractivity contribution is 6.11. The van der Waals surface area contributed by atoms with Crippen molar-refractivity contribution >= 4 is 23.6 Å². The van der Waals surface area contributed by atoms with Crippen LogP contribution in [-0.2, 0) is 21.5 Å². The molecule has 0 spiro atoms. The van der Waals surface area contributed by atoms with E-state index in [1.807, 2.05) is 37.3 Å². The van der Waals surface area contributed by atoms with Crippen LogP contribution in [0.2, 0.25) is 0 Å². The Morgan fingerprint density at radius 1 is 1.03 bits per heavy atom. The quantitative estimate of drug-likeness (QED) is 0.370. The summed E-state index contributed by atoms with van der Waals surface area (Å²) in [5.41, 5.74) is 1.05. The van der Waals surface area contributed by atoms with Gasteiger partial charge in [0.05, 0.1) is 6.54 Å². The number of benzene rings is 2. The second-order valence-electron chi connectivity index (χ2n) is 7.65. The number of ketones is 1. The molecule has 1 aliphatic rings. The van der Waals surface area contributed by atoms with Crippen molar-refractivity contribution < 1.29 is 19.2 Å². The molecule has 1 fully saturated rings. The van der Waals surface area contributed by atoms with Gasteiger partial charge in [-0.05, 0) is 30.4 Å². The van der Waals surface area contributed by atoms with Gasteiger partial charge in [-0.2, -0.15) is 0 Å². The Morgan fingerprint density at radius 3 is 2.32 bits per heavy atom. The van der Waals surface area contributed by atoms with E-state index >= 15 is 0 Å². The molecule has 162 valence electrons. The molecular formula is C24H27N3O4. The zero-order valence-electron chi connectivity index (χ0n) is 17.8. The monoisotopic (exact) mass is 421 g/mol. The molecule has 0 saturated carbocycles. The van der Waals surface area contributed by atoms with E-state index in [1.54, 1.807) is 24.3 Å². The fourth-order valence-corrected chi connectivity index (χ4v) is 3.78. The number of rotatable bonds is 9. The largest absolute Gasteiger partial charge is 0.356 e. The predicted molar refractivity (Wildman–Crippen MR) is 116 cm³/mol. The van der Waals surface area contributed by atoms with Gasteiger partial charge in [0.15, 0.2) is 5.78 Å². The normalized spacial score (nSPS) is 18.1. The highest BCUT2D eigenvalue weighted by atomic mass is 16.2. The van der Waals surface area contributed by atoms with Crippen LogP contribution < -0.4 is 10.6 Å². The van der Waals surface area contributed by atoms with Gasteiger partial charge >= 0.3 is 6.03 Å². The Kier molecular flexibility index (Phi) is 6.84. The standard InChI is InChI=1S/C24H27N3O4/c1-3-24(20-9-5-4-6-10-20)22(30)27(23(31)26-24)16-21(29)19-13-11-18(12-14-19)8-7-15-25-17(2)28/h4-6,9-14H,3,7-8,15-16H2,1-2H3,(H,25,28)(H,26,31)/t24-/m0/s1. The first-order chi connectivity index (χ1) is 14.9. The van der Waals surface area contributed by atoms with Crippen molar-refractivity contribution in [3.63, 3.8) is 0 Å². The van der Waals surface area contributed by atoms with E-state index in [2.05, 4.69) is 10.6 Å². The Morgan fingerprint density at radius 2 is 1.71 bits per heavy atom. The number of imide groups is 1. The molecule has 0 radical (unpaired) electrons. The lowest BCUT2D eigenvalue weighted by atomic mass is 9.87. The maximum absolute atomic E-state index is 13.1. The third-order valence-corrected chi connectivity index (χ3v) is 5.57. The van der Waals surface area contributed by atoms with E-state index in [4.69, 9.17) is 0 Å². The van der Waals surface area contributed by atoms with Crippen LogP contribution in [0.5, 0.6) is 0 Å². The van der Waals surface area contributed by atoms with E-state index < -0.39 is 17.5 Å². The third kappa shape index (κ3) is 4.82. The Hall–Kier alpha value is -3.48. The van der Waals surface area contributed by atoms with Crippen molar-refractivity contribution in [2.75, 3.05) is 13.1 Å². The summed E-state index contributed by atoms with van der Waals surface area (Å²) in [4.78, 5) is 50.4. The lowest BCUT2D eigenvalue weighted by Gasteiger charge is -2.25. The Balaban J connectivity index is 1.65. The highest BCUT2D eigenvalue weighted by Crippen LogP contribution is 2.32. The van der Waals surface area contributed by atoms with Crippen LogP contribution in [0.25, 0.3) is 0 Å². The molecular weight excluding hydrogens is 394 g/mol. The number of urea groups is 1. The minimum absolute atomic E-state index is 0.0548. The molecule has 7 nitrogen and oxygen atoms in total. The van der Waals surface area contributed by atoms with Crippen molar-refractivity contribution in [3.05, 3.63) is 71.3 Å². The van der Waals surface area contributed by atoms with Gasteiger partial charge in [0.2, 0.25) is 5.91 Å². The average molecular weight is 421 g/mol. The van der Waals surface area contributed by atoms with E-state index in [1.165, 1.54) is 6.92 Å². The van der Waals surface area contributed by atoms with Crippen LogP contribution >= 0.6 is 0 Å². The van der Waals surface area contributed by atoms with Gasteiger partial charge in [-0.3, -0.25) is 19.3 Å². The van der Waals surface area contributed by atoms with E-state index in [-0.39, 0.29) is 18.2 Å². The van der Waals surface area contributed by atoms with E-state index in [0.717, 1.165) is 23.3 Å². The lowest BCUT2D eigenvalue weighted by Crippen LogP contribution is -2.43. The maximum atomic E-state index is 13.1. The van der Waals surface area contributed by atoms with Crippen LogP contribution in [0.15, 0.2) is 54.6 Å². The molecule has 2 N–H and O–H groups in total. The van der Waals surface area contributed by atoms with Crippen molar-refractivity contribution in [1.29, 1.82) is 0 Å². The van der Waals surface area contributed by atoms with Crippen molar-refractivity contribution in [2.45, 2.75) is 38.6 Å². The van der Waals surface area contributed by atoms with Crippen molar-refractivity contribution in [3.8, 4) is 0 Å². The molecule has 1 saturated heterocycles. The Labute approximate surface area is 181 Å². The summed E-state index contributed by atoms with van der Waals surface area (Å²) in [6.45, 7) is 3.61. The van der Waals surface area contributed by atoms with Gasteiger partial charge in [-0.1, -0.05) is 61.5 Å². The summed E-state index contributed by atoms with van der Waals surface area (Å²) < 4.78 is 0. The second kappa shape index (κ2) is 9.55. The SMILES string of the molecule is CC[C@@]1(c2ccccc2)NC(=O)N(CC(=O)c2ccc(CCCNC(C)=O)cc2)C1=O. The fourth-order valence-electron chi connectivity index (χ4n) is 3.78. The average Bonchev–Trinajstić information content (AvgIpc) is 3.02. The van der Waals surface area contributed by atoms with Crippen molar-refractivity contribution in [1.82, 2.24) is 15.5 Å². The number of hydrogen-bond donors (Lipinski definition) is 2. The molecule has 4 amide bonds. The van der Waals surface area contributed by atoms with E-state index in [9.17, 15) is 19.2 Å². The number of nitrogens with zero attached hydrogens (tertiary/aromatic N) is 1. The summed E-state index contributed by atoms with van der Waals surface area (Å²) in [7, 11) is 0. The molecule has 1 atom stereocenters. The molecule has 31 heavy (non-hydrogen) atoms. The van der Waals surface area contributed by atoms with Crippen LogP contribution in [0.4, 0.5) is 4.79 Å². The van der Waals surface area contributed by atoms with Gasteiger partial charge < -0.3 is 10.6 Å². The van der Waals surface area contributed by atoms with Crippen LogP contribution in [-0.4, -0.2) is 41.6 Å². The third-order valence-electron chi connectivity index (χ3n) is 5.57. The van der Waals surface area contributed by atoms with Crippen molar-refractivity contribution in [2.24, 2.45) is 0 Å². The summed E-state index contributed by atoms with van der Waals surface area (Å²) in [5.74, 6) is -0.761. The first-order valence-corrected chi connectivity index (χ1v) is 10.4. The number of hydrogen-bond acceptors (Lipinski definition) is 4. The number of amides is 4. The summed E-state index contributed by atoms with van der Waals surface area (Å²) in [6, 6.07) is 15.7. The zero-order valence-corrected chi connectivity index (χ0v) is 17.8. The summed E-state index contributed by atoms with van der Waals surface area (Å²) in [5, 5.41) is 5.54. The fraction of sp³-hybridized carbons (Fsp3) is 0.333. The molecule has 2 aromatic carbocycles.